The third-order valence-electron chi connectivity index (χ3n) is 6.01. The molecule has 146 valence electrons. The van der Waals surface area contributed by atoms with Crippen LogP contribution in [-0.4, -0.2) is 38.4 Å². The molecule has 28 heavy (non-hydrogen) atoms. The Morgan fingerprint density at radius 3 is 2.71 bits per heavy atom. The van der Waals surface area contributed by atoms with Crippen LogP contribution in [0.3, 0.4) is 0 Å². The quantitative estimate of drug-likeness (QED) is 0.710. The summed E-state index contributed by atoms with van der Waals surface area (Å²) in [5.41, 5.74) is 9.78. The maximum Gasteiger partial charge on any atom is 0.226 e. The predicted octanol–water partition coefficient (Wildman–Crippen LogP) is 2.11. The summed E-state index contributed by atoms with van der Waals surface area (Å²) in [6, 6.07) is 13.7. The summed E-state index contributed by atoms with van der Waals surface area (Å²) in [4.78, 5) is 26.0. The second-order valence-corrected chi connectivity index (χ2v) is 7.90. The van der Waals surface area contributed by atoms with Gasteiger partial charge in [-0.1, -0.05) is 12.1 Å². The standard InChI is InChI=1S/C22H26N4O2/c1-22(21(23)28)13-17-11-15(14-27)5-6-19(17)25-20(22)16-3-2-4-18(12-16)26-9-7-24-8-10-26/h2-6,11-12,14,20,24-25H,7-10,13H2,1H3,(H2,23,28). The molecule has 0 saturated carbocycles. The number of amides is 1. The lowest BCUT2D eigenvalue weighted by atomic mass is 9.70. The summed E-state index contributed by atoms with van der Waals surface area (Å²) in [6.45, 7) is 5.77. The molecule has 0 spiro atoms. The Balaban J connectivity index is 1.72. The number of nitrogens with two attached hydrogens (primary N) is 1. The van der Waals surface area contributed by atoms with Crippen LogP contribution in [0.25, 0.3) is 0 Å². The van der Waals surface area contributed by atoms with Crippen molar-refractivity contribution in [2.45, 2.75) is 19.4 Å². The van der Waals surface area contributed by atoms with E-state index >= 15 is 0 Å². The lowest BCUT2D eigenvalue weighted by molar-refractivity contribution is -0.127. The fourth-order valence-electron chi connectivity index (χ4n) is 4.29. The number of hydrogen-bond acceptors (Lipinski definition) is 5. The molecule has 2 aliphatic rings. The molecule has 1 fully saturated rings. The maximum atomic E-state index is 12.5. The number of benzene rings is 2. The minimum absolute atomic E-state index is 0.234. The number of primary amides is 1. The minimum Gasteiger partial charge on any atom is -0.377 e. The summed E-state index contributed by atoms with van der Waals surface area (Å²) in [5.74, 6) is -0.347. The zero-order valence-corrected chi connectivity index (χ0v) is 16.1. The molecule has 4 N–H and O–H groups in total. The molecule has 0 bridgehead atoms. The van der Waals surface area contributed by atoms with Gasteiger partial charge < -0.3 is 21.3 Å². The van der Waals surface area contributed by atoms with Crippen LogP contribution in [0.5, 0.6) is 0 Å². The number of anilines is 2. The van der Waals surface area contributed by atoms with E-state index in [-0.39, 0.29) is 11.9 Å². The number of rotatable bonds is 4. The number of carbonyl (C=O) groups excluding carboxylic acids is 2. The molecule has 6 heteroatoms. The van der Waals surface area contributed by atoms with E-state index in [4.69, 9.17) is 5.73 Å². The zero-order chi connectivity index (χ0) is 19.7. The Morgan fingerprint density at radius 1 is 1.21 bits per heavy atom. The molecular formula is C22H26N4O2. The maximum absolute atomic E-state index is 12.5. The summed E-state index contributed by atoms with van der Waals surface area (Å²) in [7, 11) is 0. The topological polar surface area (TPSA) is 87.5 Å². The van der Waals surface area contributed by atoms with Gasteiger partial charge in [0, 0.05) is 43.1 Å². The van der Waals surface area contributed by atoms with Crippen molar-refractivity contribution in [2.75, 3.05) is 36.4 Å². The second-order valence-electron chi connectivity index (χ2n) is 7.90. The summed E-state index contributed by atoms with van der Waals surface area (Å²) in [6.07, 6.45) is 1.32. The highest BCUT2D eigenvalue weighted by atomic mass is 16.1. The Labute approximate surface area is 165 Å². The number of hydrogen-bond donors (Lipinski definition) is 3. The van der Waals surface area contributed by atoms with Gasteiger partial charge in [-0.2, -0.15) is 0 Å². The molecule has 6 nitrogen and oxygen atoms in total. The molecular weight excluding hydrogens is 352 g/mol. The van der Waals surface area contributed by atoms with Crippen molar-refractivity contribution < 1.29 is 9.59 Å². The monoisotopic (exact) mass is 378 g/mol. The van der Waals surface area contributed by atoms with Gasteiger partial charge in [0.15, 0.2) is 0 Å². The number of piperazine rings is 1. The molecule has 1 saturated heterocycles. The van der Waals surface area contributed by atoms with Crippen molar-refractivity contribution in [2.24, 2.45) is 11.1 Å². The van der Waals surface area contributed by atoms with Crippen molar-refractivity contribution in [3.05, 3.63) is 59.2 Å². The number of fused-ring (bicyclic) bond motifs is 1. The van der Waals surface area contributed by atoms with Crippen molar-refractivity contribution in [3.63, 3.8) is 0 Å². The first-order chi connectivity index (χ1) is 13.5. The number of aldehydes is 1. The molecule has 0 aliphatic carbocycles. The summed E-state index contributed by atoms with van der Waals surface area (Å²) >= 11 is 0. The van der Waals surface area contributed by atoms with Crippen LogP contribution in [0.2, 0.25) is 0 Å². The van der Waals surface area contributed by atoms with Crippen molar-refractivity contribution in [3.8, 4) is 0 Å². The summed E-state index contributed by atoms with van der Waals surface area (Å²) in [5, 5.41) is 6.89. The fourth-order valence-corrected chi connectivity index (χ4v) is 4.29. The molecule has 1 amide bonds. The Morgan fingerprint density at radius 2 is 2.00 bits per heavy atom. The van der Waals surface area contributed by atoms with Crippen LogP contribution < -0.4 is 21.3 Å². The Kier molecular flexibility index (Phi) is 4.81. The predicted molar refractivity (Wildman–Crippen MR) is 111 cm³/mol. The fraction of sp³-hybridized carbons (Fsp3) is 0.364. The van der Waals surface area contributed by atoms with Crippen LogP contribution in [0.4, 0.5) is 11.4 Å². The Bertz CT molecular complexity index is 907. The highest BCUT2D eigenvalue weighted by Crippen LogP contribution is 2.45. The normalized spacial score (nSPS) is 24.2. The highest BCUT2D eigenvalue weighted by molar-refractivity contribution is 5.85. The van der Waals surface area contributed by atoms with Crippen LogP contribution >= 0.6 is 0 Å². The second kappa shape index (κ2) is 7.28. The molecule has 4 rings (SSSR count). The van der Waals surface area contributed by atoms with E-state index in [1.165, 1.54) is 0 Å². The molecule has 2 unspecified atom stereocenters. The van der Waals surface area contributed by atoms with Crippen molar-refractivity contribution >= 4 is 23.6 Å². The van der Waals surface area contributed by atoms with Crippen LogP contribution in [-0.2, 0) is 11.2 Å². The average molecular weight is 378 g/mol. The van der Waals surface area contributed by atoms with E-state index in [9.17, 15) is 9.59 Å². The number of nitrogens with one attached hydrogen (secondary N) is 2. The molecule has 2 aromatic carbocycles. The van der Waals surface area contributed by atoms with Gasteiger partial charge in [-0.25, -0.2) is 0 Å². The van der Waals surface area contributed by atoms with Crippen LogP contribution in [0.1, 0.15) is 34.5 Å². The van der Waals surface area contributed by atoms with Crippen LogP contribution in [0.15, 0.2) is 42.5 Å². The zero-order valence-electron chi connectivity index (χ0n) is 16.1. The van der Waals surface area contributed by atoms with Crippen molar-refractivity contribution in [1.29, 1.82) is 0 Å². The van der Waals surface area contributed by atoms with Gasteiger partial charge in [-0.15, -0.1) is 0 Å². The average Bonchev–Trinajstić information content (AvgIpc) is 2.73. The van der Waals surface area contributed by atoms with Gasteiger partial charge in [0.05, 0.1) is 11.5 Å². The SMILES string of the molecule is CC1(C(N)=O)Cc2cc(C=O)ccc2NC1c1cccc(N2CCNCC2)c1. The molecule has 2 atom stereocenters. The first kappa shape index (κ1) is 18.5. The number of nitrogens with zero attached hydrogens (tertiary/aromatic N) is 1. The van der Waals surface area contributed by atoms with E-state index in [0.717, 1.165) is 55.0 Å². The highest BCUT2D eigenvalue weighted by Gasteiger charge is 2.44. The van der Waals surface area contributed by atoms with Crippen LogP contribution in [0, 0.1) is 5.41 Å². The minimum atomic E-state index is -0.795. The molecule has 0 aromatic heterocycles. The number of carbonyl (C=O) groups is 2. The van der Waals surface area contributed by atoms with E-state index in [0.29, 0.717) is 12.0 Å². The lowest BCUT2D eigenvalue weighted by Crippen LogP contribution is -2.47. The van der Waals surface area contributed by atoms with E-state index < -0.39 is 5.41 Å². The van der Waals surface area contributed by atoms with Gasteiger partial charge in [0.1, 0.15) is 6.29 Å². The third kappa shape index (κ3) is 3.24. The van der Waals surface area contributed by atoms with Gasteiger partial charge in [0.2, 0.25) is 5.91 Å². The molecule has 2 aliphatic heterocycles. The van der Waals surface area contributed by atoms with E-state index in [2.05, 4.69) is 33.7 Å². The van der Waals surface area contributed by atoms with Crippen molar-refractivity contribution in [1.82, 2.24) is 5.32 Å². The van der Waals surface area contributed by atoms with E-state index in [1.807, 2.05) is 25.1 Å². The third-order valence-corrected chi connectivity index (χ3v) is 6.01. The Hall–Kier alpha value is -2.86. The summed E-state index contributed by atoms with van der Waals surface area (Å²) < 4.78 is 0. The molecule has 2 aromatic rings. The van der Waals surface area contributed by atoms with Gasteiger partial charge in [-0.05, 0) is 54.8 Å². The lowest BCUT2D eigenvalue weighted by Gasteiger charge is -2.42. The molecule has 2 heterocycles. The first-order valence-electron chi connectivity index (χ1n) is 9.71. The van der Waals surface area contributed by atoms with Gasteiger partial charge >= 0.3 is 0 Å². The smallest absolute Gasteiger partial charge is 0.226 e. The molecule has 0 radical (unpaired) electrons. The first-order valence-corrected chi connectivity index (χ1v) is 9.71. The van der Waals surface area contributed by atoms with Gasteiger partial charge in [-0.3, -0.25) is 9.59 Å². The van der Waals surface area contributed by atoms with E-state index in [1.54, 1.807) is 6.07 Å². The van der Waals surface area contributed by atoms with Gasteiger partial charge in [0.25, 0.3) is 0 Å². The largest absolute Gasteiger partial charge is 0.377 e.